The lowest BCUT2D eigenvalue weighted by molar-refractivity contribution is -0.158. The van der Waals surface area contributed by atoms with Gasteiger partial charge in [-0.3, -0.25) is 5.32 Å². The molecule has 0 heterocycles. The van der Waals surface area contributed by atoms with Crippen molar-refractivity contribution in [2.24, 2.45) is 5.73 Å². The van der Waals surface area contributed by atoms with Gasteiger partial charge in [0.25, 0.3) is 0 Å². The summed E-state index contributed by atoms with van der Waals surface area (Å²) in [6, 6.07) is -3.69. The predicted molar refractivity (Wildman–Crippen MR) is 79.3 cm³/mol. The number of halogens is 6. The lowest BCUT2D eigenvalue weighted by atomic mass is 10.2. The normalized spacial score (nSPS) is 15.7. The van der Waals surface area contributed by atoms with Crippen LogP contribution in [0.15, 0.2) is 0 Å². The van der Waals surface area contributed by atoms with E-state index in [-0.39, 0.29) is 37.4 Å². The van der Waals surface area contributed by atoms with E-state index in [4.69, 9.17) is 15.2 Å². The first-order chi connectivity index (χ1) is 10.6. The molecule has 140 valence electrons. The molecule has 0 rings (SSSR count). The molecule has 0 aromatic rings. The average Bonchev–Trinajstić information content (AvgIpc) is 2.41. The molecule has 0 saturated carbocycles. The van der Waals surface area contributed by atoms with E-state index in [2.05, 4.69) is 17.9 Å². The average molecular weight is 390 g/mol. The summed E-state index contributed by atoms with van der Waals surface area (Å²) < 4.78 is 84.0. The summed E-state index contributed by atoms with van der Waals surface area (Å²) in [5, 5.41) is 2.29. The van der Waals surface area contributed by atoms with Crippen LogP contribution in [0.2, 0.25) is 0 Å². The molecule has 23 heavy (non-hydrogen) atoms. The molecule has 2 unspecified atom stereocenters. The topological polar surface area (TPSA) is 56.5 Å². The fourth-order valence-corrected chi connectivity index (χ4v) is 2.11. The number of alkyl halides is 6. The number of nitrogens with one attached hydrogen (secondary N) is 1. The Morgan fingerprint density at radius 1 is 1.00 bits per heavy atom. The number of rotatable bonds is 12. The Hall–Kier alpha value is 0.120. The Bertz CT molecular complexity index is 307. The largest absolute Gasteiger partial charge is 0.403 e. The molecule has 0 amide bonds. The second kappa shape index (κ2) is 11.6. The number of thioether (sulfide) groups is 1. The Balaban J connectivity index is 3.78. The van der Waals surface area contributed by atoms with Gasteiger partial charge in [-0.25, -0.2) is 0 Å². The number of hydrogen-bond donors (Lipinski definition) is 3. The van der Waals surface area contributed by atoms with E-state index in [0.717, 1.165) is 11.8 Å². The minimum atomic E-state index is -4.48. The molecule has 2 atom stereocenters. The summed E-state index contributed by atoms with van der Waals surface area (Å²) in [4.78, 5) is 0. The van der Waals surface area contributed by atoms with Crippen molar-refractivity contribution in [1.29, 1.82) is 0 Å². The van der Waals surface area contributed by atoms with Gasteiger partial charge in [0.2, 0.25) is 0 Å². The summed E-state index contributed by atoms with van der Waals surface area (Å²) in [5.41, 5.74) is 4.87. The van der Waals surface area contributed by atoms with Crippen molar-refractivity contribution in [3.05, 3.63) is 0 Å². The Kier molecular flexibility index (Phi) is 11.7. The van der Waals surface area contributed by atoms with Gasteiger partial charge >= 0.3 is 12.4 Å². The van der Waals surface area contributed by atoms with Crippen LogP contribution >= 0.6 is 24.4 Å². The minimum Gasteiger partial charge on any atom is -0.371 e. The third-order valence-corrected chi connectivity index (χ3v) is 3.52. The van der Waals surface area contributed by atoms with Crippen molar-refractivity contribution in [2.45, 2.75) is 37.3 Å². The first-order valence-electron chi connectivity index (χ1n) is 6.55. The Morgan fingerprint density at radius 3 is 2.13 bits per heavy atom. The molecule has 0 aliphatic carbocycles. The zero-order valence-corrected chi connectivity index (χ0v) is 13.8. The standard InChI is InChI=1S/C11H20F6N2O2S2/c12-10(13,14)8(18)1-3-21-7-23-5-19-9(11(15,16)17)2-4-20-6-22/h8-9,19,22H,1-7,18H2. The Labute approximate surface area is 140 Å². The van der Waals surface area contributed by atoms with Crippen LogP contribution in [-0.2, 0) is 9.47 Å². The molecule has 0 aliphatic rings. The summed E-state index contributed by atoms with van der Waals surface area (Å²) in [6.45, 7) is -0.302. The van der Waals surface area contributed by atoms with Gasteiger partial charge in [0, 0.05) is 19.1 Å². The van der Waals surface area contributed by atoms with Crippen molar-refractivity contribution in [2.75, 3.05) is 31.0 Å². The van der Waals surface area contributed by atoms with Crippen LogP contribution in [0.25, 0.3) is 0 Å². The zero-order valence-electron chi connectivity index (χ0n) is 12.1. The van der Waals surface area contributed by atoms with E-state index < -0.39 is 30.9 Å². The van der Waals surface area contributed by atoms with E-state index in [0.29, 0.717) is 0 Å². The van der Waals surface area contributed by atoms with Gasteiger partial charge in [-0.05, 0) is 12.8 Å². The monoisotopic (exact) mass is 390 g/mol. The maximum atomic E-state index is 12.7. The number of hydrogen-bond acceptors (Lipinski definition) is 6. The molecule has 0 fully saturated rings. The fourth-order valence-electron chi connectivity index (χ4n) is 1.34. The molecule has 0 aromatic heterocycles. The van der Waals surface area contributed by atoms with Gasteiger partial charge in [0.15, 0.2) is 0 Å². The minimum absolute atomic E-state index is 0.0324. The van der Waals surface area contributed by atoms with Crippen LogP contribution < -0.4 is 11.1 Å². The number of thiol groups is 1. The van der Waals surface area contributed by atoms with Crippen molar-refractivity contribution in [3.63, 3.8) is 0 Å². The molecule has 0 bridgehead atoms. The molecular formula is C11H20F6N2O2S2. The fraction of sp³-hybridized carbons (Fsp3) is 1.00. The highest BCUT2D eigenvalue weighted by Crippen LogP contribution is 2.23. The molecule has 0 radical (unpaired) electrons. The van der Waals surface area contributed by atoms with E-state index in [1.54, 1.807) is 0 Å². The van der Waals surface area contributed by atoms with Gasteiger partial charge in [0.05, 0.1) is 11.9 Å². The third-order valence-electron chi connectivity index (χ3n) is 2.63. The van der Waals surface area contributed by atoms with Crippen molar-refractivity contribution < 1.29 is 35.8 Å². The SMILES string of the molecule is NC(CCOCSCNC(CCOCS)C(F)(F)F)C(F)(F)F. The Morgan fingerprint density at radius 2 is 1.61 bits per heavy atom. The zero-order chi connectivity index (χ0) is 17.9. The quantitative estimate of drug-likeness (QED) is 0.207. The molecular weight excluding hydrogens is 370 g/mol. The summed E-state index contributed by atoms with van der Waals surface area (Å²) in [6.07, 6.45) is -9.55. The number of nitrogens with two attached hydrogens (primary N) is 1. The van der Waals surface area contributed by atoms with Crippen LogP contribution in [0, 0.1) is 0 Å². The maximum absolute atomic E-state index is 12.7. The van der Waals surface area contributed by atoms with E-state index in [9.17, 15) is 26.3 Å². The highest BCUT2D eigenvalue weighted by atomic mass is 32.2. The highest BCUT2D eigenvalue weighted by Gasteiger charge is 2.38. The smallest absolute Gasteiger partial charge is 0.371 e. The van der Waals surface area contributed by atoms with Gasteiger partial charge < -0.3 is 15.2 Å². The summed E-state index contributed by atoms with van der Waals surface area (Å²) in [5.74, 6) is -0.0566. The van der Waals surface area contributed by atoms with Gasteiger partial charge in [0.1, 0.15) is 12.1 Å². The third kappa shape index (κ3) is 12.2. The van der Waals surface area contributed by atoms with E-state index in [1.165, 1.54) is 0 Å². The lowest BCUT2D eigenvalue weighted by Crippen LogP contribution is -2.43. The second-order valence-corrected chi connectivity index (χ2v) is 5.63. The van der Waals surface area contributed by atoms with Gasteiger partial charge in [-0.15, -0.1) is 11.8 Å². The molecule has 0 spiro atoms. The first-order valence-corrected chi connectivity index (χ1v) is 8.34. The van der Waals surface area contributed by atoms with Crippen LogP contribution in [0.5, 0.6) is 0 Å². The first kappa shape index (κ1) is 23.1. The summed E-state index contributed by atoms with van der Waals surface area (Å²) >= 11 is 4.71. The molecule has 0 aliphatic heterocycles. The van der Waals surface area contributed by atoms with Crippen LogP contribution in [0.3, 0.4) is 0 Å². The van der Waals surface area contributed by atoms with E-state index in [1.807, 2.05) is 0 Å². The number of ether oxygens (including phenoxy) is 2. The molecule has 0 saturated heterocycles. The maximum Gasteiger partial charge on any atom is 0.403 e. The van der Waals surface area contributed by atoms with Crippen molar-refractivity contribution in [3.8, 4) is 0 Å². The lowest BCUT2D eigenvalue weighted by Gasteiger charge is -2.21. The van der Waals surface area contributed by atoms with Crippen LogP contribution in [0.1, 0.15) is 12.8 Å². The predicted octanol–water partition coefficient (Wildman–Crippen LogP) is 2.75. The van der Waals surface area contributed by atoms with Crippen molar-refractivity contribution in [1.82, 2.24) is 5.32 Å². The molecule has 0 aromatic carbocycles. The van der Waals surface area contributed by atoms with Gasteiger partial charge in [-0.1, -0.05) is 0 Å². The molecule has 12 heteroatoms. The van der Waals surface area contributed by atoms with E-state index >= 15 is 0 Å². The van der Waals surface area contributed by atoms with Crippen molar-refractivity contribution >= 4 is 24.4 Å². The molecule has 4 nitrogen and oxygen atoms in total. The van der Waals surface area contributed by atoms with Crippen LogP contribution in [0.4, 0.5) is 26.3 Å². The summed E-state index contributed by atoms with van der Waals surface area (Å²) in [7, 11) is 0. The van der Waals surface area contributed by atoms with Gasteiger partial charge in [-0.2, -0.15) is 39.0 Å². The second-order valence-electron chi connectivity index (χ2n) is 4.44. The van der Waals surface area contributed by atoms with Crippen LogP contribution in [-0.4, -0.2) is 55.4 Å². The highest BCUT2D eigenvalue weighted by molar-refractivity contribution is 7.99. The molecule has 3 N–H and O–H groups in total.